The molecule has 0 aliphatic rings. The van der Waals surface area contributed by atoms with Crippen LogP contribution < -0.4 is 9.62 Å². The van der Waals surface area contributed by atoms with Gasteiger partial charge in [-0.25, -0.2) is 8.42 Å². The molecular weight excluding hydrogens is 553 g/mol. The average molecular weight is 586 g/mol. The Labute approximate surface area is 210 Å². The molecule has 1 atom stereocenters. The maximum atomic E-state index is 13.5. The first kappa shape index (κ1) is 27.1. The Kier molecular flexibility index (Phi) is 10.6. The number of rotatable bonds is 12. The quantitative estimate of drug-likeness (QED) is 0.387. The fourth-order valence-corrected chi connectivity index (χ4v) is 4.69. The first-order chi connectivity index (χ1) is 15.7. The molecule has 0 bridgehead atoms. The van der Waals surface area contributed by atoms with E-state index < -0.39 is 22.0 Å². The van der Waals surface area contributed by atoms with Gasteiger partial charge in [-0.1, -0.05) is 44.2 Å². The molecule has 1 unspecified atom stereocenters. The molecule has 0 saturated heterocycles. The van der Waals surface area contributed by atoms with Crippen molar-refractivity contribution in [3.63, 3.8) is 0 Å². The van der Waals surface area contributed by atoms with E-state index in [1.165, 1.54) is 4.90 Å². The zero-order valence-corrected chi connectivity index (χ0v) is 22.3. The Morgan fingerprint density at radius 2 is 1.67 bits per heavy atom. The standard InChI is InChI=1S/C24H32IN3O4S/c1-4-16-26-24(30)22(5-2)27(17-15-19-9-7-6-8-10-19)23(29)18-28(33(3,31)32)21-13-11-20(25)12-14-21/h6-14,22H,4-5,15-18H2,1-3H3,(H,26,30). The van der Waals surface area contributed by atoms with Crippen LogP contribution in [0.4, 0.5) is 5.69 Å². The molecule has 2 amide bonds. The second-order valence-corrected chi connectivity index (χ2v) is 10.9. The summed E-state index contributed by atoms with van der Waals surface area (Å²) in [7, 11) is -3.71. The third-order valence-corrected chi connectivity index (χ3v) is 7.07. The minimum absolute atomic E-state index is 0.221. The van der Waals surface area contributed by atoms with Gasteiger partial charge in [0.25, 0.3) is 0 Å². The molecule has 2 aromatic rings. The molecule has 0 radical (unpaired) electrons. The van der Waals surface area contributed by atoms with E-state index in [2.05, 4.69) is 27.9 Å². The van der Waals surface area contributed by atoms with E-state index >= 15 is 0 Å². The molecule has 180 valence electrons. The summed E-state index contributed by atoms with van der Waals surface area (Å²) in [6, 6.07) is 16.0. The third kappa shape index (κ3) is 8.29. The lowest BCUT2D eigenvalue weighted by atomic mass is 10.1. The van der Waals surface area contributed by atoms with Crippen molar-refractivity contribution in [2.45, 2.75) is 39.2 Å². The number of carbonyl (C=O) groups excluding carboxylic acids is 2. The zero-order chi connectivity index (χ0) is 24.4. The maximum absolute atomic E-state index is 13.5. The minimum atomic E-state index is -3.71. The number of hydrogen-bond acceptors (Lipinski definition) is 4. The summed E-state index contributed by atoms with van der Waals surface area (Å²) >= 11 is 2.14. The number of nitrogens with one attached hydrogen (secondary N) is 1. The van der Waals surface area contributed by atoms with Crippen molar-refractivity contribution in [2.24, 2.45) is 0 Å². The Balaban J connectivity index is 2.32. The molecule has 0 aliphatic carbocycles. The van der Waals surface area contributed by atoms with Crippen LogP contribution in [-0.2, 0) is 26.0 Å². The second-order valence-electron chi connectivity index (χ2n) is 7.78. The smallest absolute Gasteiger partial charge is 0.244 e. The highest BCUT2D eigenvalue weighted by atomic mass is 127. The first-order valence-corrected chi connectivity index (χ1v) is 13.9. The molecule has 0 heterocycles. The molecule has 0 saturated carbocycles. The van der Waals surface area contributed by atoms with Gasteiger partial charge in [0, 0.05) is 16.7 Å². The number of halogens is 1. The molecule has 2 rings (SSSR count). The van der Waals surface area contributed by atoms with Crippen molar-refractivity contribution in [1.29, 1.82) is 0 Å². The number of anilines is 1. The summed E-state index contributed by atoms with van der Waals surface area (Å²) in [6.45, 7) is 4.28. The lowest BCUT2D eigenvalue weighted by Gasteiger charge is -2.32. The van der Waals surface area contributed by atoms with Gasteiger partial charge in [0.05, 0.1) is 11.9 Å². The van der Waals surface area contributed by atoms with Gasteiger partial charge in [0.1, 0.15) is 12.6 Å². The van der Waals surface area contributed by atoms with Crippen molar-refractivity contribution >= 4 is 50.1 Å². The molecule has 33 heavy (non-hydrogen) atoms. The monoisotopic (exact) mass is 585 g/mol. The number of carbonyl (C=O) groups is 2. The average Bonchev–Trinajstić information content (AvgIpc) is 2.79. The van der Waals surface area contributed by atoms with Gasteiger partial charge in [-0.3, -0.25) is 13.9 Å². The van der Waals surface area contributed by atoms with Crippen molar-refractivity contribution in [2.75, 3.05) is 30.2 Å². The second kappa shape index (κ2) is 12.9. The van der Waals surface area contributed by atoms with E-state index in [1.807, 2.05) is 44.2 Å². The Hall–Kier alpha value is -2.14. The van der Waals surface area contributed by atoms with Crippen LogP contribution in [0.15, 0.2) is 54.6 Å². The van der Waals surface area contributed by atoms with Gasteiger partial charge in [-0.2, -0.15) is 0 Å². The minimum Gasteiger partial charge on any atom is -0.354 e. The molecule has 0 spiro atoms. The number of sulfonamides is 1. The normalized spacial score (nSPS) is 12.1. The van der Waals surface area contributed by atoms with E-state index in [0.717, 1.165) is 26.1 Å². The molecular formula is C24H32IN3O4S. The molecule has 9 heteroatoms. The lowest BCUT2D eigenvalue weighted by Crippen LogP contribution is -2.53. The maximum Gasteiger partial charge on any atom is 0.244 e. The number of amides is 2. The van der Waals surface area contributed by atoms with Gasteiger partial charge in [-0.15, -0.1) is 0 Å². The van der Waals surface area contributed by atoms with Crippen LogP contribution in [0.5, 0.6) is 0 Å². The molecule has 2 aromatic carbocycles. The third-order valence-electron chi connectivity index (χ3n) is 5.21. The predicted octanol–water partition coefficient (Wildman–Crippen LogP) is 3.43. The number of benzene rings is 2. The van der Waals surface area contributed by atoms with Crippen LogP contribution in [0.2, 0.25) is 0 Å². The van der Waals surface area contributed by atoms with Gasteiger partial charge in [0.15, 0.2) is 0 Å². The van der Waals surface area contributed by atoms with Gasteiger partial charge < -0.3 is 10.2 Å². The van der Waals surface area contributed by atoms with Crippen LogP contribution in [0.3, 0.4) is 0 Å². The highest BCUT2D eigenvalue weighted by Crippen LogP contribution is 2.20. The van der Waals surface area contributed by atoms with Gasteiger partial charge in [0.2, 0.25) is 21.8 Å². The summed E-state index contributed by atoms with van der Waals surface area (Å²) in [5, 5.41) is 2.87. The Morgan fingerprint density at radius 1 is 1.03 bits per heavy atom. The SMILES string of the molecule is CCCNC(=O)C(CC)N(CCc1ccccc1)C(=O)CN(c1ccc(I)cc1)S(C)(=O)=O. The van der Waals surface area contributed by atoms with Crippen LogP contribution in [0.25, 0.3) is 0 Å². The van der Waals surface area contributed by atoms with Gasteiger partial charge in [-0.05, 0) is 71.7 Å². The molecule has 7 nitrogen and oxygen atoms in total. The summed E-state index contributed by atoms with van der Waals surface area (Å²) < 4.78 is 27.1. The number of hydrogen-bond donors (Lipinski definition) is 1. The molecule has 1 N–H and O–H groups in total. The van der Waals surface area contributed by atoms with Gasteiger partial charge >= 0.3 is 0 Å². The van der Waals surface area contributed by atoms with Crippen LogP contribution in [-0.4, -0.2) is 57.1 Å². The molecule has 0 aromatic heterocycles. The summed E-state index contributed by atoms with van der Waals surface area (Å²) in [6.07, 6.45) is 2.86. The zero-order valence-electron chi connectivity index (χ0n) is 19.3. The number of nitrogens with zero attached hydrogens (tertiary/aromatic N) is 2. The largest absolute Gasteiger partial charge is 0.354 e. The van der Waals surface area contributed by atoms with Crippen LogP contribution in [0.1, 0.15) is 32.3 Å². The van der Waals surface area contributed by atoms with E-state index in [4.69, 9.17) is 0 Å². The highest BCUT2D eigenvalue weighted by molar-refractivity contribution is 14.1. The predicted molar refractivity (Wildman–Crippen MR) is 141 cm³/mol. The molecule has 0 fully saturated rings. The highest BCUT2D eigenvalue weighted by Gasteiger charge is 2.31. The first-order valence-electron chi connectivity index (χ1n) is 11.0. The van der Waals surface area contributed by atoms with Crippen LogP contribution >= 0.6 is 22.6 Å². The van der Waals surface area contributed by atoms with Crippen molar-refractivity contribution in [3.05, 3.63) is 63.7 Å². The van der Waals surface area contributed by atoms with E-state index in [9.17, 15) is 18.0 Å². The summed E-state index contributed by atoms with van der Waals surface area (Å²) in [4.78, 5) is 27.8. The van der Waals surface area contributed by atoms with Crippen molar-refractivity contribution in [1.82, 2.24) is 10.2 Å². The van der Waals surface area contributed by atoms with E-state index in [0.29, 0.717) is 31.6 Å². The fourth-order valence-electron chi connectivity index (χ4n) is 3.48. The van der Waals surface area contributed by atoms with Crippen LogP contribution in [0, 0.1) is 3.57 Å². The van der Waals surface area contributed by atoms with Crippen molar-refractivity contribution in [3.8, 4) is 0 Å². The van der Waals surface area contributed by atoms with E-state index in [-0.39, 0.29) is 12.5 Å². The lowest BCUT2D eigenvalue weighted by molar-refractivity contribution is -0.139. The topological polar surface area (TPSA) is 86.8 Å². The Bertz CT molecular complexity index is 1010. The summed E-state index contributed by atoms with van der Waals surface area (Å²) in [5.41, 5.74) is 1.45. The van der Waals surface area contributed by atoms with Crippen molar-refractivity contribution < 1.29 is 18.0 Å². The molecule has 0 aliphatic heterocycles. The van der Waals surface area contributed by atoms with E-state index in [1.54, 1.807) is 24.3 Å². The Morgan fingerprint density at radius 3 is 2.21 bits per heavy atom. The fraction of sp³-hybridized carbons (Fsp3) is 0.417. The summed E-state index contributed by atoms with van der Waals surface area (Å²) in [5.74, 6) is -0.630.